The molecular formula is C95H139N25O21S2. The van der Waals surface area contributed by atoms with Gasteiger partial charge in [0.15, 0.2) is 5.96 Å². The number of benzene rings is 3. The highest BCUT2D eigenvalue weighted by Gasteiger charge is 2.42. The number of thiol groups is 2. The van der Waals surface area contributed by atoms with Crippen molar-refractivity contribution >= 4 is 176 Å². The summed E-state index contributed by atoms with van der Waals surface area (Å²) in [4.78, 5) is 275. The van der Waals surface area contributed by atoms with Crippen molar-refractivity contribution in [1.29, 1.82) is 5.41 Å². The zero-order valence-corrected chi connectivity index (χ0v) is 83.9. The molecule has 782 valence electrons. The summed E-state index contributed by atoms with van der Waals surface area (Å²) >= 11 is 8.40. The maximum atomic E-state index is 15.3. The molecule has 46 nitrogen and oxygen atoms in total. The van der Waals surface area contributed by atoms with E-state index < -0.39 is 241 Å². The number of nitrogens with zero attached hydrogens (tertiary/aromatic N) is 1. The number of carbonyl (C=O) groups is 19. The predicted molar refractivity (Wildman–Crippen MR) is 537 cm³/mol. The highest BCUT2D eigenvalue weighted by molar-refractivity contribution is 7.80. The van der Waals surface area contributed by atoms with Gasteiger partial charge in [-0.25, -0.2) is 0 Å². The number of likely N-dealkylation sites (tertiary alicyclic amines) is 1. The Hall–Kier alpha value is -13.9. The van der Waals surface area contributed by atoms with Gasteiger partial charge < -0.3 is 138 Å². The smallest absolute Gasteiger partial charge is 0.325 e. The summed E-state index contributed by atoms with van der Waals surface area (Å²) < 4.78 is 0. The fourth-order valence-electron chi connectivity index (χ4n) is 16.1. The van der Waals surface area contributed by atoms with E-state index in [9.17, 15) is 96.5 Å². The Kier molecular flexibility index (Phi) is 46.0. The predicted octanol–water partition coefficient (Wildman–Crippen LogP) is -2.79. The SMILES string of the molecule is CC(C)C[C@H](NC(=O)CNC(=O)[C@H](CC(C)C)NC(=O)[C@H](CCCNC(=N)N)NC(=O)[C@H](CCC(N)=O)NC(=O)[C@H](CS)NC(=O)[C@@H](N)CC(C)C)C(=O)N[C@H](C(=O)N[C@@H](Cc1c[nH]c2ccccc12)C(=O)N1CCC[C@H]1C(=O)NCC(=O)N[C@@H](Cc1c[nH]c2ccccc12)C(=O)N[C@@H](CC(C)C)C(=O)N[C@@H](C)C(=O)NCC(=O)N[C@@H](Cc1c[nH]c2ccccc12)C(=O)N[C@@H](CS)C(=O)N[C@@H](C)C(=O)O)[C@@H](C)O. The number of carboxylic acids is 1. The van der Waals surface area contributed by atoms with Gasteiger partial charge in [-0.2, -0.15) is 25.3 Å². The van der Waals surface area contributed by atoms with Gasteiger partial charge in [-0.05, 0) is 137 Å². The first-order valence-corrected chi connectivity index (χ1v) is 48.9. The molecule has 1 aliphatic heterocycles. The maximum absolute atomic E-state index is 15.3. The van der Waals surface area contributed by atoms with Gasteiger partial charge in [-0.1, -0.05) is 110 Å². The van der Waals surface area contributed by atoms with E-state index >= 15 is 4.79 Å². The van der Waals surface area contributed by atoms with Crippen LogP contribution in [0.2, 0.25) is 0 Å². The van der Waals surface area contributed by atoms with Crippen molar-refractivity contribution < 1.29 is 101 Å². The highest BCUT2D eigenvalue weighted by Crippen LogP contribution is 2.26. The number of carboxylic acid groups (broad SMARTS) is 1. The third-order valence-corrected chi connectivity index (χ3v) is 24.3. The van der Waals surface area contributed by atoms with Crippen molar-refractivity contribution in [1.82, 2.24) is 110 Å². The van der Waals surface area contributed by atoms with Crippen LogP contribution in [0.1, 0.15) is 157 Å². The number of primary amides is 1. The lowest BCUT2D eigenvalue weighted by atomic mass is 10.0. The van der Waals surface area contributed by atoms with E-state index in [1.165, 1.54) is 25.7 Å². The van der Waals surface area contributed by atoms with Gasteiger partial charge in [0.1, 0.15) is 84.6 Å². The van der Waals surface area contributed by atoms with Crippen molar-refractivity contribution in [2.75, 3.05) is 44.2 Å². The van der Waals surface area contributed by atoms with E-state index in [1.807, 2.05) is 13.8 Å². The number of aliphatic carboxylic acids is 1. The molecule has 7 rings (SSSR count). The molecule has 0 spiro atoms. The van der Waals surface area contributed by atoms with Crippen LogP contribution in [-0.4, -0.2) is 289 Å². The zero-order chi connectivity index (χ0) is 106. The molecule has 16 atom stereocenters. The molecule has 18 amide bonds. The normalized spacial score (nSPS) is 15.6. The minimum absolute atomic E-state index is 0.00263. The van der Waals surface area contributed by atoms with Gasteiger partial charge >= 0.3 is 5.97 Å². The van der Waals surface area contributed by atoms with Crippen molar-refractivity contribution in [3.63, 3.8) is 0 Å². The van der Waals surface area contributed by atoms with Crippen LogP contribution < -0.4 is 108 Å². The molecule has 48 heteroatoms. The summed E-state index contributed by atoms with van der Waals surface area (Å²) in [5, 5.41) is 74.0. The van der Waals surface area contributed by atoms with E-state index in [1.54, 1.807) is 133 Å². The number of amides is 18. The minimum atomic E-state index is -1.83. The third kappa shape index (κ3) is 36.9. The number of H-pyrrole nitrogens is 3. The summed E-state index contributed by atoms with van der Waals surface area (Å²) in [6.45, 7) is 15.6. The molecule has 1 aliphatic rings. The van der Waals surface area contributed by atoms with Gasteiger partial charge in [-0.3, -0.25) is 96.5 Å². The second kappa shape index (κ2) is 56.7. The van der Waals surface area contributed by atoms with Gasteiger partial charge in [0.2, 0.25) is 106 Å². The lowest BCUT2D eigenvalue weighted by Crippen LogP contribution is -2.61. The molecule has 0 aliphatic carbocycles. The minimum Gasteiger partial charge on any atom is -0.480 e. The Morgan fingerprint density at radius 2 is 0.776 bits per heavy atom. The van der Waals surface area contributed by atoms with E-state index in [0.717, 1.165) is 0 Å². The first-order chi connectivity index (χ1) is 67.6. The molecule has 0 unspecified atom stereocenters. The van der Waals surface area contributed by atoms with Crippen molar-refractivity contribution in [3.05, 3.63) is 108 Å². The van der Waals surface area contributed by atoms with Crippen molar-refractivity contribution in [2.45, 2.75) is 256 Å². The number of aliphatic hydroxyl groups is 1. The second-order valence-electron chi connectivity index (χ2n) is 37.3. The van der Waals surface area contributed by atoms with Crippen LogP contribution >= 0.6 is 25.3 Å². The summed E-state index contributed by atoms with van der Waals surface area (Å²) in [6, 6.07) is 0.358. The molecule has 1 fully saturated rings. The number of carbonyl (C=O) groups excluding carboxylic acids is 18. The topological polar surface area (TPSA) is 722 Å². The molecule has 29 N–H and O–H groups in total. The van der Waals surface area contributed by atoms with Crippen LogP contribution in [0.3, 0.4) is 0 Å². The highest BCUT2D eigenvalue weighted by atomic mass is 32.1. The van der Waals surface area contributed by atoms with Gasteiger partial charge in [0.05, 0.1) is 31.8 Å². The summed E-state index contributed by atoms with van der Waals surface area (Å²) in [6.07, 6.45) is 2.31. The molecular weight excluding hydrogens is 1890 g/mol. The van der Waals surface area contributed by atoms with E-state index in [4.69, 9.17) is 22.6 Å². The number of aromatic nitrogens is 3. The zero-order valence-electron chi connectivity index (χ0n) is 82.1. The first kappa shape index (κ1) is 116. The molecule has 6 aromatic rings. The maximum Gasteiger partial charge on any atom is 0.325 e. The number of nitrogens with two attached hydrogens (primary N) is 3. The van der Waals surface area contributed by atoms with E-state index in [2.05, 4.69) is 131 Å². The molecule has 3 aromatic carbocycles. The van der Waals surface area contributed by atoms with Crippen LogP contribution in [0.4, 0.5) is 0 Å². The van der Waals surface area contributed by atoms with E-state index in [-0.39, 0.29) is 125 Å². The number of para-hydroxylation sites is 3. The number of hydrogen-bond donors (Lipinski definition) is 28. The van der Waals surface area contributed by atoms with Crippen LogP contribution in [0.15, 0.2) is 91.4 Å². The quantitative estimate of drug-likeness (QED) is 0.00794. The van der Waals surface area contributed by atoms with Crippen molar-refractivity contribution in [2.24, 2.45) is 40.9 Å². The fraction of sp³-hybridized carbons (Fsp3) is 0.537. The van der Waals surface area contributed by atoms with Gasteiger partial charge in [0.25, 0.3) is 0 Å². The fourth-order valence-corrected chi connectivity index (χ4v) is 16.6. The molecule has 143 heavy (non-hydrogen) atoms. The summed E-state index contributed by atoms with van der Waals surface area (Å²) in [5.74, 6) is -18.9. The Morgan fingerprint density at radius 1 is 0.413 bits per heavy atom. The van der Waals surface area contributed by atoms with Crippen LogP contribution in [-0.2, 0) is 110 Å². The van der Waals surface area contributed by atoms with Crippen LogP contribution in [0, 0.1) is 29.1 Å². The number of guanidine groups is 1. The Morgan fingerprint density at radius 3 is 1.22 bits per heavy atom. The monoisotopic (exact) mass is 2030 g/mol. The number of nitrogens with one attached hydrogen (secondary N) is 21. The van der Waals surface area contributed by atoms with Gasteiger partial charge in [0, 0.05) is 102 Å². The molecule has 0 bridgehead atoms. The third-order valence-electron chi connectivity index (χ3n) is 23.5. The number of fused-ring (bicyclic) bond motifs is 3. The Labute approximate surface area is 838 Å². The molecule has 4 heterocycles. The molecule has 1 saturated heterocycles. The average molecular weight is 2030 g/mol. The Balaban J connectivity index is 1.01. The first-order valence-electron chi connectivity index (χ1n) is 47.6. The summed E-state index contributed by atoms with van der Waals surface area (Å²) in [7, 11) is 0. The van der Waals surface area contributed by atoms with Crippen molar-refractivity contribution in [3.8, 4) is 0 Å². The lowest BCUT2D eigenvalue weighted by Gasteiger charge is -2.31. The molecule has 3 aromatic heterocycles. The van der Waals surface area contributed by atoms with Crippen LogP contribution in [0.25, 0.3) is 32.7 Å². The Bertz CT molecular complexity index is 5490. The summed E-state index contributed by atoms with van der Waals surface area (Å²) in [5.41, 5.74) is 20.7. The lowest BCUT2D eigenvalue weighted by molar-refractivity contribution is -0.142. The number of rotatable bonds is 58. The van der Waals surface area contributed by atoms with Crippen LogP contribution in [0.5, 0.6) is 0 Å². The second-order valence-corrected chi connectivity index (χ2v) is 38.1. The number of aromatic amines is 3. The number of aliphatic hydroxyl groups excluding tert-OH is 1. The van der Waals surface area contributed by atoms with E-state index in [0.29, 0.717) is 49.4 Å². The molecule has 0 radical (unpaired) electrons. The number of hydrogen-bond acceptors (Lipinski definition) is 24. The molecule has 0 saturated carbocycles. The average Bonchev–Trinajstić information content (AvgIpc) is 1.68. The standard InChI is InChI=1S/C95H139N25O21S2/c1-47(2)32-60(96)81(127)117-73(46-143)90(136)113-65(28-29-75(97)122)84(130)112-64(26-18-30-100-95(98)99)83(129)114-66(33-48(3)4)82(128)105-43-77(124)109-67(34-49(5)6)88(134)119-79(53(11)121)92(138)116-71(38-56-41-103-63-25-17-14-22-59(56)63)93(139)120-31-19-27-74(120)91(137)106-44-78(125)110-69(36-54-39-101-61-23-15-12-20-57(54)61)86(132)115-68(35-50(7)8)85(131)107-51(9)80(126)104-42-76(123)111-70(37-55-40-102-62-24-16-13-21-58(55)62)87(133)118-72(45-142)89(135)108-52(10)94(140)141/h12-17,20-25,39-41,47-53,60,64-74,79,101-103,121,142-143H,18-19,26-38,42-46,96H2,1-11H3,(H2,97,122)(H,104,126)(H,105,128)(H,106,137)(H,107,131)(H,108,135)(H,109,124)(H,110,125)(H,111,123)(H,112,130)(H,113,136)(H,114,129)(H,115,132)(H,116,138)(H,117,127)(H,118,133)(H,119,134)(H,140,141)(H4,98,99,100)/t51-,52-,53+,60-,64-,65-,66-,67-,68-,69-,70-,71-,72-,73-,74-,79-/m0/s1. The van der Waals surface area contributed by atoms with Gasteiger partial charge in [-0.15, -0.1) is 0 Å². The largest absolute Gasteiger partial charge is 0.480 e.